The summed E-state index contributed by atoms with van der Waals surface area (Å²) in [7, 11) is 0. The van der Waals surface area contributed by atoms with Gasteiger partial charge in [0.25, 0.3) is 0 Å². The second-order valence-electron chi connectivity index (χ2n) is 5.71. The first-order chi connectivity index (χ1) is 9.76. The summed E-state index contributed by atoms with van der Waals surface area (Å²) in [5, 5.41) is 6.38. The number of aromatic nitrogens is 2. The molecule has 6 heteroatoms. The molecule has 4 heterocycles. The molecular formula is C14H22FN5. The van der Waals surface area contributed by atoms with E-state index in [1.807, 2.05) is 0 Å². The number of halogens is 1. The van der Waals surface area contributed by atoms with Gasteiger partial charge in [-0.05, 0) is 38.3 Å². The molecule has 0 spiro atoms. The van der Waals surface area contributed by atoms with E-state index in [1.165, 1.54) is 32.1 Å². The van der Waals surface area contributed by atoms with Crippen LogP contribution in [0.3, 0.4) is 0 Å². The first-order valence-electron chi connectivity index (χ1n) is 7.51. The fourth-order valence-electron chi connectivity index (χ4n) is 3.09. The highest BCUT2D eigenvalue weighted by atomic mass is 19.1. The summed E-state index contributed by atoms with van der Waals surface area (Å²) in [6, 6.07) is 0.306. The van der Waals surface area contributed by atoms with Crippen molar-refractivity contribution in [3.63, 3.8) is 0 Å². The number of fused-ring (bicyclic) bond motifs is 3. The topological polar surface area (TPSA) is 53.1 Å². The van der Waals surface area contributed by atoms with E-state index in [2.05, 4.69) is 32.4 Å². The standard InChI is InChI=1S/C14H22FN5/c1-2-5-16-14-17-8-11(15)13(19-14)18-12-9-20-6-3-10(12)4-7-20/h8,10,12H,2-7,9H2,1H3,(H2,16,17,18,19). The van der Waals surface area contributed by atoms with Gasteiger partial charge in [-0.2, -0.15) is 4.98 Å². The van der Waals surface area contributed by atoms with Gasteiger partial charge in [0, 0.05) is 19.1 Å². The Morgan fingerprint density at radius 2 is 2.20 bits per heavy atom. The van der Waals surface area contributed by atoms with Crippen LogP contribution in [0.15, 0.2) is 6.20 Å². The van der Waals surface area contributed by atoms with Crippen LogP contribution in [0.5, 0.6) is 0 Å². The molecule has 110 valence electrons. The van der Waals surface area contributed by atoms with Crippen molar-refractivity contribution in [2.45, 2.75) is 32.2 Å². The molecule has 20 heavy (non-hydrogen) atoms. The number of piperidine rings is 3. The van der Waals surface area contributed by atoms with Gasteiger partial charge in [0.1, 0.15) is 0 Å². The van der Waals surface area contributed by atoms with Gasteiger partial charge in [-0.1, -0.05) is 6.92 Å². The molecule has 0 amide bonds. The lowest BCUT2D eigenvalue weighted by atomic mass is 9.84. The maximum absolute atomic E-state index is 13.9. The van der Waals surface area contributed by atoms with Crippen molar-refractivity contribution in [3.8, 4) is 0 Å². The molecule has 0 radical (unpaired) electrons. The average Bonchev–Trinajstić information content (AvgIpc) is 2.49. The Morgan fingerprint density at radius 3 is 2.85 bits per heavy atom. The van der Waals surface area contributed by atoms with Crippen LogP contribution < -0.4 is 10.6 Å². The fourth-order valence-corrected chi connectivity index (χ4v) is 3.09. The SMILES string of the molecule is CCCNc1ncc(F)c(NC2CN3CCC2CC3)n1. The zero-order chi connectivity index (χ0) is 13.9. The van der Waals surface area contributed by atoms with Crippen molar-refractivity contribution < 1.29 is 4.39 Å². The van der Waals surface area contributed by atoms with Crippen LogP contribution >= 0.6 is 0 Å². The van der Waals surface area contributed by atoms with Crippen molar-refractivity contribution in [2.24, 2.45) is 5.92 Å². The van der Waals surface area contributed by atoms with Crippen LogP contribution in [-0.2, 0) is 0 Å². The van der Waals surface area contributed by atoms with Crippen LogP contribution in [-0.4, -0.2) is 47.1 Å². The van der Waals surface area contributed by atoms with Crippen LogP contribution in [0.1, 0.15) is 26.2 Å². The van der Waals surface area contributed by atoms with Gasteiger partial charge in [-0.15, -0.1) is 0 Å². The maximum Gasteiger partial charge on any atom is 0.224 e. The monoisotopic (exact) mass is 279 g/mol. The zero-order valence-electron chi connectivity index (χ0n) is 11.9. The summed E-state index contributed by atoms with van der Waals surface area (Å²) < 4.78 is 13.9. The second kappa shape index (κ2) is 5.91. The Morgan fingerprint density at radius 1 is 1.40 bits per heavy atom. The minimum absolute atomic E-state index is 0.306. The number of anilines is 2. The lowest BCUT2D eigenvalue weighted by molar-refractivity contribution is 0.0972. The van der Waals surface area contributed by atoms with Crippen molar-refractivity contribution in [1.29, 1.82) is 0 Å². The highest BCUT2D eigenvalue weighted by molar-refractivity contribution is 5.42. The molecule has 3 fully saturated rings. The highest BCUT2D eigenvalue weighted by Crippen LogP contribution is 2.29. The third-order valence-electron chi connectivity index (χ3n) is 4.26. The number of hydrogen-bond donors (Lipinski definition) is 2. The Bertz CT molecular complexity index is 459. The maximum atomic E-state index is 13.9. The van der Waals surface area contributed by atoms with Gasteiger partial charge in [0.15, 0.2) is 11.6 Å². The Kier molecular flexibility index (Phi) is 4.00. The quantitative estimate of drug-likeness (QED) is 0.863. The van der Waals surface area contributed by atoms with E-state index in [-0.39, 0.29) is 5.82 Å². The molecule has 1 aromatic rings. The van der Waals surface area contributed by atoms with Crippen LogP contribution in [0.2, 0.25) is 0 Å². The molecule has 0 saturated carbocycles. The molecule has 4 rings (SSSR count). The van der Waals surface area contributed by atoms with Gasteiger partial charge < -0.3 is 15.5 Å². The molecule has 3 aliphatic heterocycles. The van der Waals surface area contributed by atoms with Gasteiger partial charge in [0.2, 0.25) is 5.95 Å². The summed E-state index contributed by atoms with van der Waals surface area (Å²) in [5.41, 5.74) is 0. The zero-order valence-corrected chi connectivity index (χ0v) is 11.9. The summed E-state index contributed by atoms with van der Waals surface area (Å²) in [4.78, 5) is 10.7. The van der Waals surface area contributed by atoms with Crippen molar-refractivity contribution in [2.75, 3.05) is 36.8 Å². The predicted octanol–water partition coefficient (Wildman–Crippen LogP) is 1.94. The molecule has 1 atom stereocenters. The van der Waals surface area contributed by atoms with E-state index >= 15 is 0 Å². The molecule has 3 saturated heterocycles. The van der Waals surface area contributed by atoms with Crippen LogP contribution in [0.4, 0.5) is 16.2 Å². The second-order valence-corrected chi connectivity index (χ2v) is 5.71. The summed E-state index contributed by atoms with van der Waals surface area (Å²) >= 11 is 0. The van der Waals surface area contributed by atoms with Crippen molar-refractivity contribution >= 4 is 11.8 Å². The lowest BCUT2D eigenvalue weighted by Gasteiger charge is -2.45. The first-order valence-corrected chi connectivity index (χ1v) is 7.51. The average molecular weight is 279 g/mol. The Balaban J connectivity index is 1.69. The molecule has 3 aliphatic rings. The first kappa shape index (κ1) is 13.5. The van der Waals surface area contributed by atoms with E-state index < -0.39 is 0 Å². The minimum Gasteiger partial charge on any atom is -0.363 e. The summed E-state index contributed by atoms with van der Waals surface area (Å²) in [6.45, 7) is 6.22. The molecule has 0 aromatic carbocycles. The van der Waals surface area contributed by atoms with Gasteiger partial charge >= 0.3 is 0 Å². The van der Waals surface area contributed by atoms with Gasteiger partial charge in [-0.3, -0.25) is 0 Å². The van der Waals surface area contributed by atoms with E-state index in [1.54, 1.807) is 0 Å². The molecule has 1 unspecified atom stereocenters. The molecule has 2 bridgehead atoms. The largest absolute Gasteiger partial charge is 0.363 e. The summed E-state index contributed by atoms with van der Waals surface area (Å²) in [6.07, 6.45) is 4.63. The molecular weight excluding hydrogens is 257 g/mol. The fraction of sp³-hybridized carbons (Fsp3) is 0.714. The smallest absolute Gasteiger partial charge is 0.224 e. The van der Waals surface area contributed by atoms with Gasteiger partial charge in [0.05, 0.1) is 6.20 Å². The molecule has 5 nitrogen and oxygen atoms in total. The van der Waals surface area contributed by atoms with E-state index in [4.69, 9.17) is 0 Å². The summed E-state index contributed by atoms with van der Waals surface area (Å²) in [5.74, 6) is 1.10. The van der Waals surface area contributed by atoms with Crippen LogP contribution in [0.25, 0.3) is 0 Å². The van der Waals surface area contributed by atoms with Gasteiger partial charge in [-0.25, -0.2) is 9.37 Å². The minimum atomic E-state index is -0.372. The number of nitrogens with one attached hydrogen (secondary N) is 2. The Labute approximate surface area is 119 Å². The lowest BCUT2D eigenvalue weighted by Crippen LogP contribution is -2.53. The van der Waals surface area contributed by atoms with Crippen molar-refractivity contribution in [3.05, 3.63) is 12.0 Å². The van der Waals surface area contributed by atoms with E-state index in [0.29, 0.717) is 23.7 Å². The number of hydrogen-bond acceptors (Lipinski definition) is 5. The third-order valence-corrected chi connectivity index (χ3v) is 4.26. The molecule has 0 aliphatic carbocycles. The highest BCUT2D eigenvalue weighted by Gasteiger charge is 2.34. The predicted molar refractivity (Wildman–Crippen MR) is 77.3 cm³/mol. The van der Waals surface area contributed by atoms with E-state index in [9.17, 15) is 4.39 Å². The Hall–Kier alpha value is -1.43. The molecule has 2 N–H and O–H groups in total. The number of rotatable bonds is 5. The number of nitrogens with zero attached hydrogens (tertiary/aromatic N) is 3. The third kappa shape index (κ3) is 2.85. The normalized spacial score (nSPS) is 28.4. The van der Waals surface area contributed by atoms with Crippen LogP contribution in [0, 0.1) is 11.7 Å². The molecule has 1 aromatic heterocycles. The van der Waals surface area contributed by atoms with E-state index in [0.717, 1.165) is 19.5 Å². The van der Waals surface area contributed by atoms with Crippen molar-refractivity contribution in [1.82, 2.24) is 14.9 Å².